The van der Waals surface area contributed by atoms with Crippen LogP contribution in [0.3, 0.4) is 0 Å². The number of anilines is 1. The molecule has 0 aliphatic carbocycles. The molecule has 0 saturated carbocycles. The minimum absolute atomic E-state index is 0.268. The Balaban J connectivity index is 0.000000192. The van der Waals surface area contributed by atoms with Gasteiger partial charge in [0.1, 0.15) is 0 Å². The van der Waals surface area contributed by atoms with Crippen LogP contribution in [-0.4, -0.2) is 82.9 Å². The quantitative estimate of drug-likeness (QED) is 0.140. The van der Waals surface area contributed by atoms with Gasteiger partial charge in [-0.1, -0.05) is 76.6 Å². The fraction of sp³-hybridized carbons (Fsp3) is 0.208. The smallest absolute Gasteiger partial charge is 0.357 e. The third-order valence-electron chi connectivity index (χ3n) is 9.45. The van der Waals surface area contributed by atoms with Crippen molar-refractivity contribution in [3.8, 4) is 33.6 Å². The van der Waals surface area contributed by atoms with Crippen LogP contribution in [0.1, 0.15) is 46.2 Å². The summed E-state index contributed by atoms with van der Waals surface area (Å²) in [5.74, 6) is -0.884. The molecule has 8 aromatic rings. The Kier molecular flexibility index (Phi) is 14.4. The Bertz CT molecular complexity index is 2750. The van der Waals surface area contributed by atoms with Gasteiger partial charge < -0.3 is 19.7 Å². The molecule has 61 heavy (non-hydrogen) atoms. The molecule has 0 fully saturated rings. The van der Waals surface area contributed by atoms with E-state index in [0.29, 0.717) is 24.5 Å². The second-order valence-electron chi connectivity index (χ2n) is 14.1. The summed E-state index contributed by atoms with van der Waals surface area (Å²) in [7, 11) is 7.76. The molecule has 12 nitrogen and oxygen atoms in total. The second-order valence-corrected chi connectivity index (χ2v) is 15.0. The molecule has 0 saturated heterocycles. The van der Waals surface area contributed by atoms with Crippen LogP contribution in [0.2, 0.25) is 0 Å². The highest BCUT2D eigenvalue weighted by atomic mass is 79.9. The first-order valence-electron chi connectivity index (χ1n) is 19.9. The third-order valence-corrected chi connectivity index (χ3v) is 9.97. The molecule has 4 aromatic heterocycles. The van der Waals surface area contributed by atoms with Crippen LogP contribution in [-0.2, 0) is 9.47 Å². The van der Waals surface area contributed by atoms with Crippen molar-refractivity contribution in [2.75, 3.05) is 46.3 Å². The number of hydrogen-bond donors (Lipinski definition) is 1. The number of para-hydroxylation sites is 2. The van der Waals surface area contributed by atoms with Gasteiger partial charge in [-0.05, 0) is 125 Å². The Hall–Kier alpha value is -6.70. The van der Waals surface area contributed by atoms with E-state index < -0.39 is 11.9 Å². The van der Waals surface area contributed by atoms with E-state index >= 15 is 0 Å². The van der Waals surface area contributed by atoms with Crippen LogP contribution in [0.25, 0.3) is 55.7 Å². The lowest BCUT2D eigenvalue weighted by Crippen LogP contribution is -2.09. The lowest BCUT2D eigenvalue weighted by atomic mass is 10.0. The highest BCUT2D eigenvalue weighted by Gasteiger charge is 2.22. The lowest BCUT2D eigenvalue weighted by molar-refractivity contribution is 0.0510. The zero-order valence-corrected chi connectivity index (χ0v) is 37.2. The number of esters is 2. The van der Waals surface area contributed by atoms with Crippen molar-refractivity contribution in [2.45, 2.75) is 27.7 Å². The van der Waals surface area contributed by atoms with E-state index in [1.807, 2.05) is 127 Å². The molecule has 0 amide bonds. The molecule has 1 N–H and O–H groups in total. The summed E-state index contributed by atoms with van der Waals surface area (Å²) >= 11 is 3.47. The Morgan fingerprint density at radius 2 is 1.00 bits per heavy atom. The standard InChI is InChI=1S/C24H24N4O2.C22H18BrN3O2.C2H7N/c1-5-30-24(29)21-15-20(17-11-13-18(14-12-17)27(3)4)22-16(2)26-28(23(22)25-21)19-9-7-6-8-10-19;1-3-28-22(27)19-13-18(15-9-11-16(23)12-10-15)20-14(2)25-26(21(20)24-19)17-7-5-4-6-8-17;1-3-2/h6-15H,5H2,1-4H3;4-13H,3H2,1-2H3;3H,1-2H3. The maximum atomic E-state index is 12.5. The van der Waals surface area contributed by atoms with Crippen molar-refractivity contribution in [3.05, 3.63) is 149 Å². The van der Waals surface area contributed by atoms with Gasteiger partial charge in [0.25, 0.3) is 0 Å². The number of fused-ring (bicyclic) bond motifs is 2. The summed E-state index contributed by atoms with van der Waals surface area (Å²) < 4.78 is 15.0. The zero-order valence-electron chi connectivity index (χ0n) is 35.6. The van der Waals surface area contributed by atoms with Crippen molar-refractivity contribution in [1.29, 1.82) is 0 Å². The van der Waals surface area contributed by atoms with Crippen molar-refractivity contribution < 1.29 is 19.1 Å². The van der Waals surface area contributed by atoms with E-state index in [-0.39, 0.29) is 11.4 Å². The number of nitrogens with one attached hydrogen (secondary N) is 1. The van der Waals surface area contributed by atoms with Crippen molar-refractivity contribution in [3.63, 3.8) is 0 Å². The number of aryl methyl sites for hydroxylation is 2. The normalized spacial score (nSPS) is 10.7. The average Bonchev–Trinajstić information content (AvgIpc) is 3.80. The number of carbonyl (C=O) groups is 2. The molecule has 0 radical (unpaired) electrons. The maximum absolute atomic E-state index is 12.5. The summed E-state index contributed by atoms with van der Waals surface area (Å²) in [5.41, 5.74) is 10.2. The number of halogens is 1. The second kappa shape index (κ2) is 20.0. The number of rotatable bonds is 9. The van der Waals surface area contributed by atoms with Crippen LogP contribution in [0.15, 0.2) is 126 Å². The lowest BCUT2D eigenvalue weighted by Gasteiger charge is -2.13. The topological polar surface area (TPSA) is 129 Å². The highest BCUT2D eigenvalue weighted by Crippen LogP contribution is 2.35. The number of carbonyl (C=O) groups excluding carboxylic acids is 2. The highest BCUT2D eigenvalue weighted by molar-refractivity contribution is 9.10. The molecule has 13 heteroatoms. The molecule has 312 valence electrons. The Labute approximate surface area is 364 Å². The number of pyridine rings is 2. The minimum atomic E-state index is -0.443. The molecule has 0 unspecified atom stereocenters. The Morgan fingerprint density at radius 1 is 0.623 bits per heavy atom. The van der Waals surface area contributed by atoms with Gasteiger partial charge in [0, 0.05) is 24.3 Å². The summed E-state index contributed by atoms with van der Waals surface area (Å²) in [5, 5.41) is 14.0. The van der Waals surface area contributed by atoms with Crippen LogP contribution in [0.4, 0.5) is 5.69 Å². The van der Waals surface area contributed by atoms with Crippen LogP contribution < -0.4 is 10.2 Å². The largest absolute Gasteiger partial charge is 0.461 e. The molecule has 4 aromatic carbocycles. The van der Waals surface area contributed by atoms with Crippen molar-refractivity contribution >= 4 is 55.6 Å². The number of ether oxygens (including phenoxy) is 2. The van der Waals surface area contributed by atoms with E-state index in [2.05, 4.69) is 60.4 Å². The van der Waals surface area contributed by atoms with Gasteiger partial charge in [-0.3, -0.25) is 0 Å². The van der Waals surface area contributed by atoms with E-state index in [4.69, 9.17) is 19.7 Å². The van der Waals surface area contributed by atoms with Gasteiger partial charge in [-0.25, -0.2) is 28.9 Å². The zero-order chi connectivity index (χ0) is 43.6. The van der Waals surface area contributed by atoms with Gasteiger partial charge in [-0.15, -0.1) is 0 Å². The molecule has 0 aliphatic heterocycles. The van der Waals surface area contributed by atoms with E-state index in [9.17, 15) is 9.59 Å². The molecule has 0 spiro atoms. The van der Waals surface area contributed by atoms with E-state index in [0.717, 1.165) is 65.9 Å². The van der Waals surface area contributed by atoms with E-state index in [1.54, 1.807) is 35.3 Å². The van der Waals surface area contributed by atoms with Crippen LogP contribution >= 0.6 is 15.9 Å². The predicted octanol–water partition coefficient (Wildman–Crippen LogP) is 9.81. The minimum Gasteiger partial charge on any atom is -0.461 e. The van der Waals surface area contributed by atoms with Gasteiger partial charge in [0.05, 0.1) is 46.7 Å². The SMILES string of the molecule is CCOC(=O)c1cc(-c2ccc(Br)cc2)c2c(C)nn(-c3ccccc3)c2n1.CCOC(=O)c1cc(-c2ccc(N(C)C)cc2)c2c(C)nn(-c3ccccc3)c2n1.CNC. The monoisotopic (exact) mass is 880 g/mol. The van der Waals surface area contributed by atoms with Gasteiger partial charge >= 0.3 is 11.9 Å². The van der Waals surface area contributed by atoms with E-state index in [1.165, 1.54) is 0 Å². The fourth-order valence-corrected chi connectivity index (χ4v) is 6.98. The number of aromatic nitrogens is 6. The van der Waals surface area contributed by atoms with Crippen molar-refractivity contribution in [1.82, 2.24) is 34.8 Å². The van der Waals surface area contributed by atoms with Gasteiger partial charge in [-0.2, -0.15) is 10.2 Å². The van der Waals surface area contributed by atoms with Gasteiger partial charge in [0.15, 0.2) is 22.7 Å². The Morgan fingerprint density at radius 3 is 1.36 bits per heavy atom. The summed E-state index contributed by atoms with van der Waals surface area (Å²) in [6.45, 7) is 8.08. The molecular weight excluding hydrogens is 832 g/mol. The number of nitrogens with zero attached hydrogens (tertiary/aromatic N) is 7. The van der Waals surface area contributed by atoms with Crippen LogP contribution in [0.5, 0.6) is 0 Å². The maximum Gasteiger partial charge on any atom is 0.357 e. The van der Waals surface area contributed by atoms with Crippen molar-refractivity contribution in [2.24, 2.45) is 0 Å². The molecule has 8 rings (SSSR count). The molecular formula is C48H49BrN8O4. The fourth-order valence-electron chi connectivity index (χ4n) is 6.72. The summed E-state index contributed by atoms with van der Waals surface area (Å²) in [6, 6.07) is 39.3. The third kappa shape index (κ3) is 9.86. The first kappa shape index (κ1) is 43.9. The molecule has 4 heterocycles. The molecule has 0 aliphatic rings. The predicted molar refractivity (Wildman–Crippen MR) is 247 cm³/mol. The summed E-state index contributed by atoms with van der Waals surface area (Å²) in [4.78, 5) is 36.3. The number of hydrogen-bond acceptors (Lipinski definition) is 10. The summed E-state index contributed by atoms with van der Waals surface area (Å²) in [6.07, 6.45) is 0. The van der Waals surface area contributed by atoms with Gasteiger partial charge in [0.2, 0.25) is 0 Å². The first-order chi connectivity index (χ1) is 29.5. The number of benzene rings is 4. The average molecular weight is 882 g/mol. The molecule has 0 bridgehead atoms. The van der Waals surface area contributed by atoms with Crippen LogP contribution in [0, 0.1) is 13.8 Å². The first-order valence-corrected chi connectivity index (χ1v) is 20.7. The molecule has 0 atom stereocenters.